The number of carbonyl (C=O) groups is 3. The second kappa shape index (κ2) is 9.86. The summed E-state index contributed by atoms with van der Waals surface area (Å²) in [7, 11) is 0. The zero-order valence-corrected chi connectivity index (χ0v) is 17.8. The zero-order valence-electron chi connectivity index (χ0n) is 17.0. The molecular weight excluding hydrogens is 441 g/mol. The molecule has 0 unspecified atom stereocenters. The Hall–Kier alpha value is -3.33. The lowest BCUT2D eigenvalue weighted by atomic mass is 10.1. The van der Waals surface area contributed by atoms with Gasteiger partial charge in [0.05, 0.1) is 10.5 Å². The van der Waals surface area contributed by atoms with E-state index in [1.54, 1.807) is 6.08 Å². The van der Waals surface area contributed by atoms with Gasteiger partial charge in [-0.2, -0.15) is 13.2 Å². The SMILES string of the molecule is Cc1ccc(C=C2SC(=O)N(CCNC(=O)C=Cc3cccc(C(F)(F)F)c3)C2=O)cc1. The van der Waals surface area contributed by atoms with Gasteiger partial charge in [0.2, 0.25) is 5.91 Å². The number of halogens is 3. The van der Waals surface area contributed by atoms with Crippen LogP contribution in [0.4, 0.5) is 18.0 Å². The normalized spacial score (nSPS) is 15.8. The van der Waals surface area contributed by atoms with Crippen molar-refractivity contribution in [3.8, 4) is 0 Å². The summed E-state index contributed by atoms with van der Waals surface area (Å²) in [5, 5.41) is 2.09. The molecular formula is C23H19F3N2O3S. The molecule has 0 aliphatic carbocycles. The summed E-state index contributed by atoms with van der Waals surface area (Å²) < 4.78 is 38.2. The molecule has 32 heavy (non-hydrogen) atoms. The maximum atomic E-state index is 12.7. The largest absolute Gasteiger partial charge is 0.416 e. The fraction of sp³-hybridized carbons (Fsp3) is 0.174. The van der Waals surface area contributed by atoms with Crippen LogP contribution in [0.1, 0.15) is 22.3 Å². The first-order valence-electron chi connectivity index (χ1n) is 9.59. The third kappa shape index (κ3) is 6.10. The number of alkyl halides is 3. The minimum atomic E-state index is -4.47. The molecule has 0 saturated carbocycles. The number of carbonyl (C=O) groups excluding carboxylic acids is 3. The van der Waals surface area contributed by atoms with Crippen LogP contribution in [0.3, 0.4) is 0 Å². The van der Waals surface area contributed by atoms with Crippen LogP contribution in [0.2, 0.25) is 0 Å². The molecule has 1 N–H and O–H groups in total. The van der Waals surface area contributed by atoms with E-state index in [2.05, 4.69) is 5.32 Å². The number of thioether (sulfide) groups is 1. The van der Waals surface area contributed by atoms with Crippen LogP contribution >= 0.6 is 11.8 Å². The average molecular weight is 460 g/mol. The summed E-state index contributed by atoms with van der Waals surface area (Å²) >= 11 is 0.830. The van der Waals surface area contributed by atoms with Gasteiger partial charge in [-0.3, -0.25) is 19.3 Å². The molecule has 1 saturated heterocycles. The third-order valence-corrected chi connectivity index (χ3v) is 5.43. The Bertz CT molecular complexity index is 1090. The molecule has 0 aromatic heterocycles. The summed E-state index contributed by atoms with van der Waals surface area (Å²) in [4.78, 5) is 37.9. The second-order valence-corrected chi connectivity index (χ2v) is 7.98. The van der Waals surface area contributed by atoms with Crippen LogP contribution in [-0.4, -0.2) is 35.0 Å². The molecule has 1 fully saturated rings. The molecule has 3 amide bonds. The van der Waals surface area contributed by atoms with E-state index in [4.69, 9.17) is 0 Å². The molecule has 5 nitrogen and oxygen atoms in total. The van der Waals surface area contributed by atoms with Gasteiger partial charge >= 0.3 is 6.18 Å². The highest BCUT2D eigenvalue weighted by Gasteiger charge is 2.34. The molecule has 0 bridgehead atoms. The number of amides is 3. The summed E-state index contributed by atoms with van der Waals surface area (Å²) in [6, 6.07) is 12.1. The van der Waals surface area contributed by atoms with Crippen molar-refractivity contribution >= 4 is 41.0 Å². The standard InChI is InChI=1S/C23H19F3N2O3S/c1-15-5-7-17(8-6-15)14-19-21(30)28(22(31)32-19)12-11-27-20(29)10-9-16-3-2-4-18(13-16)23(24,25)26/h2-10,13-14H,11-12H2,1H3,(H,27,29). The first-order chi connectivity index (χ1) is 15.1. The maximum Gasteiger partial charge on any atom is 0.416 e. The Balaban J connectivity index is 1.53. The van der Waals surface area contributed by atoms with Gasteiger partial charge in [0, 0.05) is 19.2 Å². The molecule has 3 rings (SSSR count). The molecule has 9 heteroatoms. The lowest BCUT2D eigenvalue weighted by Crippen LogP contribution is -2.36. The molecule has 2 aromatic carbocycles. The lowest BCUT2D eigenvalue weighted by Gasteiger charge is -2.12. The van der Waals surface area contributed by atoms with Crippen LogP contribution < -0.4 is 5.32 Å². The summed E-state index contributed by atoms with van der Waals surface area (Å²) in [5.41, 5.74) is 1.29. The number of rotatable bonds is 6. The van der Waals surface area contributed by atoms with Gasteiger partial charge in [0.15, 0.2) is 0 Å². The average Bonchev–Trinajstić information content (AvgIpc) is 3.01. The Morgan fingerprint density at radius 3 is 2.50 bits per heavy atom. The van der Waals surface area contributed by atoms with Crippen LogP contribution in [0.25, 0.3) is 12.2 Å². The van der Waals surface area contributed by atoms with Gasteiger partial charge in [0.1, 0.15) is 0 Å². The number of aryl methyl sites for hydroxylation is 1. The molecule has 1 aliphatic rings. The molecule has 1 aliphatic heterocycles. The third-order valence-electron chi connectivity index (χ3n) is 4.52. The first kappa shape index (κ1) is 23.3. The predicted octanol–water partition coefficient (Wildman–Crippen LogP) is 4.88. The summed E-state index contributed by atoms with van der Waals surface area (Å²) in [5.74, 6) is -0.987. The van der Waals surface area contributed by atoms with Gasteiger partial charge in [-0.05, 0) is 54.1 Å². The van der Waals surface area contributed by atoms with E-state index in [-0.39, 0.29) is 18.7 Å². The van der Waals surface area contributed by atoms with Crippen molar-refractivity contribution in [2.24, 2.45) is 0 Å². The van der Waals surface area contributed by atoms with Crippen molar-refractivity contribution in [3.05, 3.63) is 81.8 Å². The summed E-state index contributed by atoms with van der Waals surface area (Å²) in [6.07, 6.45) is -0.470. The Kier molecular flexibility index (Phi) is 7.19. The summed E-state index contributed by atoms with van der Waals surface area (Å²) in [6.45, 7) is 1.95. The van der Waals surface area contributed by atoms with E-state index in [9.17, 15) is 27.6 Å². The number of imide groups is 1. The van der Waals surface area contributed by atoms with Crippen molar-refractivity contribution in [2.75, 3.05) is 13.1 Å². The minimum Gasteiger partial charge on any atom is -0.351 e. The Labute approximate surface area is 187 Å². The topological polar surface area (TPSA) is 66.5 Å². The molecule has 0 atom stereocenters. The van der Waals surface area contributed by atoms with Crippen LogP contribution in [0.15, 0.2) is 59.5 Å². The predicted molar refractivity (Wildman–Crippen MR) is 117 cm³/mol. The molecule has 166 valence electrons. The molecule has 2 aromatic rings. The molecule has 0 radical (unpaired) electrons. The second-order valence-electron chi connectivity index (χ2n) is 6.99. The van der Waals surface area contributed by atoms with E-state index in [1.807, 2.05) is 31.2 Å². The number of hydrogen-bond acceptors (Lipinski definition) is 4. The van der Waals surface area contributed by atoms with Gasteiger partial charge in [-0.1, -0.05) is 42.0 Å². The highest BCUT2D eigenvalue weighted by Crippen LogP contribution is 2.32. The van der Waals surface area contributed by atoms with Crippen LogP contribution in [0.5, 0.6) is 0 Å². The van der Waals surface area contributed by atoms with Crippen molar-refractivity contribution < 1.29 is 27.6 Å². The Morgan fingerprint density at radius 2 is 1.81 bits per heavy atom. The number of benzene rings is 2. The van der Waals surface area contributed by atoms with Crippen molar-refractivity contribution in [3.63, 3.8) is 0 Å². The monoisotopic (exact) mass is 460 g/mol. The first-order valence-corrected chi connectivity index (χ1v) is 10.4. The quantitative estimate of drug-likeness (QED) is 0.624. The highest BCUT2D eigenvalue weighted by molar-refractivity contribution is 8.18. The number of nitrogens with one attached hydrogen (secondary N) is 1. The smallest absolute Gasteiger partial charge is 0.351 e. The van der Waals surface area contributed by atoms with Gasteiger partial charge in [-0.15, -0.1) is 0 Å². The maximum absolute atomic E-state index is 12.7. The van der Waals surface area contributed by atoms with E-state index in [0.717, 1.165) is 46.0 Å². The fourth-order valence-corrected chi connectivity index (χ4v) is 3.71. The minimum absolute atomic E-state index is 0.0148. The zero-order chi connectivity index (χ0) is 23.3. The van der Waals surface area contributed by atoms with E-state index < -0.39 is 28.8 Å². The molecule has 1 heterocycles. The van der Waals surface area contributed by atoms with Crippen molar-refractivity contribution in [2.45, 2.75) is 13.1 Å². The fourth-order valence-electron chi connectivity index (χ4n) is 2.85. The van der Waals surface area contributed by atoms with Crippen molar-refractivity contribution in [1.29, 1.82) is 0 Å². The van der Waals surface area contributed by atoms with Crippen LogP contribution in [-0.2, 0) is 15.8 Å². The lowest BCUT2D eigenvalue weighted by molar-refractivity contribution is -0.137. The van der Waals surface area contributed by atoms with E-state index in [1.165, 1.54) is 18.2 Å². The van der Waals surface area contributed by atoms with Gasteiger partial charge in [0.25, 0.3) is 11.1 Å². The number of nitrogens with zero attached hydrogens (tertiary/aromatic N) is 1. The van der Waals surface area contributed by atoms with Gasteiger partial charge in [-0.25, -0.2) is 0 Å². The van der Waals surface area contributed by atoms with Crippen molar-refractivity contribution in [1.82, 2.24) is 10.2 Å². The highest BCUT2D eigenvalue weighted by atomic mass is 32.2. The molecule has 0 spiro atoms. The van der Waals surface area contributed by atoms with E-state index in [0.29, 0.717) is 4.91 Å². The Morgan fingerprint density at radius 1 is 1.09 bits per heavy atom. The number of hydrogen-bond donors (Lipinski definition) is 1. The van der Waals surface area contributed by atoms with E-state index >= 15 is 0 Å². The van der Waals surface area contributed by atoms with Crippen LogP contribution in [0, 0.1) is 6.92 Å². The van der Waals surface area contributed by atoms with Gasteiger partial charge < -0.3 is 5.32 Å².